The number of rotatable bonds is 5. The van der Waals surface area contributed by atoms with Gasteiger partial charge in [-0.1, -0.05) is 18.2 Å². The van der Waals surface area contributed by atoms with Crippen LogP contribution >= 0.6 is 22.7 Å². The average Bonchev–Trinajstić information content (AvgIpc) is 3.45. The van der Waals surface area contributed by atoms with Crippen LogP contribution < -0.4 is 4.74 Å². The lowest BCUT2D eigenvalue weighted by Crippen LogP contribution is -2.28. The van der Waals surface area contributed by atoms with E-state index in [1.807, 2.05) is 49.6 Å². The minimum Gasteiger partial charge on any atom is -0.507 e. The number of carbonyl (C=O) groups excluding carboxylic acids is 2. The molecule has 5 nitrogen and oxygen atoms in total. The third-order valence-corrected chi connectivity index (χ3v) is 7.07. The minimum absolute atomic E-state index is 0.115. The lowest BCUT2D eigenvalue weighted by molar-refractivity contribution is -0.140. The van der Waals surface area contributed by atoms with Crippen molar-refractivity contribution in [2.24, 2.45) is 0 Å². The van der Waals surface area contributed by atoms with Gasteiger partial charge in [-0.05, 0) is 49.1 Å². The molecule has 154 valence electrons. The van der Waals surface area contributed by atoms with Gasteiger partial charge < -0.3 is 14.7 Å². The Hall–Kier alpha value is -2.90. The Morgan fingerprint density at radius 2 is 1.97 bits per heavy atom. The SMILES string of the molecule is COc1cc(/C(O)=C2\C(=O)C(=O)N(Cc3cccs3)C2c2ccc(C)s2)ccc1C. The van der Waals surface area contributed by atoms with Gasteiger partial charge in [-0.2, -0.15) is 0 Å². The van der Waals surface area contributed by atoms with Crippen LogP contribution in [0.4, 0.5) is 0 Å². The maximum atomic E-state index is 13.0. The van der Waals surface area contributed by atoms with Crippen LogP contribution in [-0.4, -0.2) is 28.8 Å². The molecule has 1 saturated heterocycles. The number of carbonyl (C=O) groups is 2. The molecule has 1 unspecified atom stereocenters. The van der Waals surface area contributed by atoms with E-state index >= 15 is 0 Å². The van der Waals surface area contributed by atoms with Gasteiger partial charge in [0.1, 0.15) is 17.6 Å². The first-order valence-corrected chi connectivity index (χ1v) is 11.1. The predicted molar refractivity (Wildman–Crippen MR) is 119 cm³/mol. The summed E-state index contributed by atoms with van der Waals surface area (Å²) in [5.41, 5.74) is 1.48. The van der Waals surface area contributed by atoms with Gasteiger partial charge in [-0.3, -0.25) is 9.59 Å². The summed E-state index contributed by atoms with van der Waals surface area (Å²) in [6.07, 6.45) is 0. The number of hydrogen-bond acceptors (Lipinski definition) is 6. The van der Waals surface area contributed by atoms with Crippen molar-refractivity contribution in [1.29, 1.82) is 0 Å². The first-order valence-electron chi connectivity index (χ1n) is 9.43. The molecular weight excluding hydrogens is 418 g/mol. The van der Waals surface area contributed by atoms with Gasteiger partial charge >= 0.3 is 0 Å². The van der Waals surface area contributed by atoms with Gasteiger partial charge in [0.15, 0.2) is 0 Å². The summed E-state index contributed by atoms with van der Waals surface area (Å²) < 4.78 is 5.36. The number of aryl methyl sites for hydroxylation is 2. The highest BCUT2D eigenvalue weighted by Crippen LogP contribution is 2.43. The van der Waals surface area contributed by atoms with Gasteiger partial charge in [-0.15, -0.1) is 22.7 Å². The van der Waals surface area contributed by atoms with Crippen molar-refractivity contribution < 1.29 is 19.4 Å². The predicted octanol–water partition coefficient (Wildman–Crippen LogP) is 5.06. The molecule has 1 aromatic carbocycles. The van der Waals surface area contributed by atoms with E-state index in [1.165, 1.54) is 22.7 Å². The second kappa shape index (κ2) is 8.08. The summed E-state index contributed by atoms with van der Waals surface area (Å²) >= 11 is 3.05. The van der Waals surface area contributed by atoms with E-state index in [9.17, 15) is 14.7 Å². The zero-order valence-corrected chi connectivity index (χ0v) is 18.5. The molecule has 1 aliphatic heterocycles. The van der Waals surface area contributed by atoms with Gasteiger partial charge in [0, 0.05) is 20.2 Å². The van der Waals surface area contributed by atoms with Gasteiger partial charge in [0.2, 0.25) is 0 Å². The minimum atomic E-state index is -0.667. The highest BCUT2D eigenvalue weighted by molar-refractivity contribution is 7.12. The molecule has 0 saturated carbocycles. The first-order chi connectivity index (χ1) is 14.4. The van der Waals surface area contributed by atoms with Crippen LogP contribution in [-0.2, 0) is 16.1 Å². The summed E-state index contributed by atoms with van der Waals surface area (Å²) in [5, 5.41) is 13.1. The number of thiophene rings is 2. The maximum absolute atomic E-state index is 13.0. The van der Waals surface area contributed by atoms with Gasteiger partial charge in [-0.25, -0.2) is 0 Å². The zero-order valence-electron chi connectivity index (χ0n) is 16.8. The van der Waals surface area contributed by atoms with Crippen molar-refractivity contribution in [3.63, 3.8) is 0 Å². The smallest absolute Gasteiger partial charge is 0.296 e. The van der Waals surface area contributed by atoms with E-state index in [-0.39, 0.29) is 11.3 Å². The number of ether oxygens (including phenoxy) is 1. The highest BCUT2D eigenvalue weighted by Gasteiger charge is 2.46. The largest absolute Gasteiger partial charge is 0.507 e. The third-order valence-electron chi connectivity index (χ3n) is 5.16. The Morgan fingerprint density at radius 1 is 1.17 bits per heavy atom. The number of hydrogen-bond donors (Lipinski definition) is 1. The average molecular weight is 440 g/mol. The number of methoxy groups -OCH3 is 1. The molecule has 7 heteroatoms. The van der Waals surface area contributed by atoms with Crippen LogP contribution in [0.15, 0.2) is 53.4 Å². The van der Waals surface area contributed by atoms with Crippen molar-refractivity contribution in [2.75, 3.05) is 7.11 Å². The Morgan fingerprint density at radius 3 is 2.60 bits per heavy atom. The molecule has 0 spiro atoms. The van der Waals surface area contributed by atoms with E-state index in [0.29, 0.717) is 17.9 Å². The number of aliphatic hydroxyl groups excluding tert-OH is 1. The molecule has 0 aliphatic carbocycles. The van der Waals surface area contributed by atoms with E-state index in [1.54, 1.807) is 24.1 Å². The van der Waals surface area contributed by atoms with Gasteiger partial charge in [0.05, 0.1) is 19.2 Å². The molecule has 30 heavy (non-hydrogen) atoms. The number of likely N-dealkylation sites (tertiary alicyclic amines) is 1. The van der Waals surface area contributed by atoms with E-state index in [2.05, 4.69) is 0 Å². The number of aliphatic hydroxyl groups is 1. The molecule has 0 radical (unpaired) electrons. The first kappa shape index (κ1) is 20.4. The maximum Gasteiger partial charge on any atom is 0.296 e. The monoisotopic (exact) mass is 439 g/mol. The van der Waals surface area contributed by atoms with Crippen molar-refractivity contribution >= 4 is 40.1 Å². The molecule has 1 aliphatic rings. The number of benzene rings is 1. The molecular formula is C23H21NO4S2. The third kappa shape index (κ3) is 3.55. The van der Waals surface area contributed by atoms with Crippen molar-refractivity contribution in [3.05, 3.63) is 79.2 Å². The Kier molecular flexibility index (Phi) is 5.49. The standard InChI is InChI=1S/C23H21NO4S2/c1-13-6-8-15(11-17(13)28-3)21(25)19-20(18-9-7-14(2)30-18)24(23(27)22(19)26)12-16-5-4-10-29-16/h4-11,20,25H,12H2,1-3H3/b21-19+. The van der Waals surface area contributed by atoms with E-state index < -0.39 is 17.7 Å². The second-order valence-electron chi connectivity index (χ2n) is 7.14. The van der Waals surface area contributed by atoms with Crippen LogP contribution in [0.5, 0.6) is 5.75 Å². The number of ketones is 1. The molecule has 0 bridgehead atoms. The summed E-state index contributed by atoms with van der Waals surface area (Å²) in [6, 6.07) is 12.3. The van der Waals surface area contributed by atoms with Crippen molar-refractivity contribution in [1.82, 2.24) is 4.90 Å². The summed E-state index contributed by atoms with van der Waals surface area (Å²) in [5.74, 6) is -0.841. The fraction of sp³-hybridized carbons (Fsp3) is 0.217. The topological polar surface area (TPSA) is 66.8 Å². The van der Waals surface area contributed by atoms with Crippen LogP contribution in [0, 0.1) is 13.8 Å². The fourth-order valence-corrected chi connectivity index (χ4v) is 5.34. The Balaban J connectivity index is 1.86. The Labute approximate surface area is 182 Å². The molecule has 2 aromatic heterocycles. The lowest BCUT2D eigenvalue weighted by atomic mass is 9.99. The quantitative estimate of drug-likeness (QED) is 0.343. The number of nitrogens with zero attached hydrogens (tertiary/aromatic N) is 1. The van der Waals surface area contributed by atoms with Crippen molar-refractivity contribution in [2.45, 2.75) is 26.4 Å². The molecule has 1 fully saturated rings. The summed E-state index contributed by atoms with van der Waals surface area (Å²) in [6.45, 7) is 4.19. The second-order valence-corrected chi connectivity index (χ2v) is 9.49. The molecule has 3 aromatic rings. The fourth-order valence-electron chi connectivity index (χ4n) is 3.63. The molecule has 1 atom stereocenters. The summed E-state index contributed by atoms with van der Waals surface area (Å²) in [7, 11) is 1.56. The normalized spacial score (nSPS) is 18.2. The van der Waals surface area contributed by atoms with Crippen LogP contribution in [0.1, 0.15) is 31.8 Å². The van der Waals surface area contributed by atoms with E-state index in [0.717, 1.165) is 20.2 Å². The van der Waals surface area contributed by atoms with E-state index in [4.69, 9.17) is 4.74 Å². The lowest BCUT2D eigenvalue weighted by Gasteiger charge is -2.23. The van der Waals surface area contributed by atoms with Crippen molar-refractivity contribution in [3.8, 4) is 5.75 Å². The Bertz CT molecular complexity index is 1140. The molecule has 1 amide bonds. The number of amides is 1. The van der Waals surface area contributed by atoms with Crippen LogP contribution in [0.3, 0.4) is 0 Å². The van der Waals surface area contributed by atoms with Gasteiger partial charge in [0.25, 0.3) is 11.7 Å². The van der Waals surface area contributed by atoms with Crippen LogP contribution in [0.25, 0.3) is 5.76 Å². The van der Waals surface area contributed by atoms with Crippen LogP contribution in [0.2, 0.25) is 0 Å². The molecule has 4 rings (SSSR count). The molecule has 1 N–H and O–H groups in total. The number of Topliss-reactive ketones (excluding diaryl/α,β-unsaturated/α-hetero) is 1. The molecule has 3 heterocycles. The zero-order chi connectivity index (χ0) is 21.4. The summed E-state index contributed by atoms with van der Waals surface area (Å²) in [4.78, 5) is 30.5. The highest BCUT2D eigenvalue weighted by atomic mass is 32.1.